The molecule has 0 heterocycles. The largest absolute Gasteiger partial charge is 0.823 e. The van der Waals surface area contributed by atoms with Crippen LogP contribution in [0.3, 0.4) is 0 Å². The summed E-state index contributed by atoms with van der Waals surface area (Å²) in [5.41, 5.74) is -0.0633. The molecule has 38 heavy (non-hydrogen) atoms. The van der Waals surface area contributed by atoms with Gasteiger partial charge in [0.25, 0.3) is 0 Å². The number of hydrogen-bond donors (Lipinski definition) is 0. The Morgan fingerprint density at radius 3 is 1.39 bits per heavy atom. The highest BCUT2D eigenvalue weighted by atomic mass is 35.5. The average Bonchev–Trinajstić information content (AvgIpc) is 2.92. The Balaban J connectivity index is 1.68. The van der Waals surface area contributed by atoms with E-state index in [2.05, 4.69) is 0 Å². The number of para-hydroxylation sites is 3. The minimum absolute atomic E-state index is 0.235. The fourth-order valence-electron chi connectivity index (χ4n) is 3.60. The molecule has 7 heteroatoms. The van der Waals surface area contributed by atoms with Gasteiger partial charge in [-0.3, -0.25) is 0 Å². The Kier molecular flexibility index (Phi) is 8.28. The van der Waals surface area contributed by atoms with Gasteiger partial charge < -0.3 is 19.3 Å². The van der Waals surface area contributed by atoms with Gasteiger partial charge in [-0.05, 0) is 48.5 Å². The second-order valence-corrected chi connectivity index (χ2v) is 9.92. The molecule has 0 bridgehead atoms. The van der Waals surface area contributed by atoms with Crippen molar-refractivity contribution in [3.05, 3.63) is 137 Å². The van der Waals surface area contributed by atoms with Crippen LogP contribution in [0, 0.1) is 0 Å². The minimum atomic E-state index is -0.298. The molecule has 0 amide bonds. The van der Waals surface area contributed by atoms with Crippen molar-refractivity contribution in [1.29, 1.82) is 0 Å². The predicted molar refractivity (Wildman–Crippen MR) is 153 cm³/mol. The van der Waals surface area contributed by atoms with Gasteiger partial charge in [-0.2, -0.15) is 0 Å². The standard InChI is InChI=1S/C31H21Cl2O4P/c32-25-17-10-18-26(33)29(25)31(34)38-30-27(36-22-13-6-2-7-14-22)19-24(35-21-11-4-1-5-12-21)20-28(30)37-23-15-8-3-9-16-23/h1-20,34H/p-1. The molecule has 0 saturated heterocycles. The van der Waals surface area contributed by atoms with E-state index in [9.17, 15) is 5.11 Å². The Morgan fingerprint density at radius 1 is 0.526 bits per heavy atom. The van der Waals surface area contributed by atoms with Crippen LogP contribution in [0.5, 0.6) is 34.5 Å². The third-order valence-corrected chi connectivity index (χ3v) is 7.05. The number of halogens is 2. The van der Waals surface area contributed by atoms with Gasteiger partial charge in [0.05, 0.1) is 5.30 Å². The fourth-order valence-corrected chi connectivity index (χ4v) is 5.30. The van der Waals surface area contributed by atoms with E-state index in [-0.39, 0.29) is 29.3 Å². The summed E-state index contributed by atoms with van der Waals surface area (Å²) in [5, 5.41) is 14.6. The maximum absolute atomic E-state index is 13.5. The molecule has 188 valence electrons. The van der Waals surface area contributed by atoms with E-state index in [1.54, 1.807) is 30.3 Å². The molecule has 5 aromatic rings. The van der Waals surface area contributed by atoms with Crippen molar-refractivity contribution in [2.75, 3.05) is 0 Å². The number of rotatable bonds is 8. The van der Waals surface area contributed by atoms with Crippen LogP contribution in [-0.4, -0.2) is 5.48 Å². The van der Waals surface area contributed by atoms with Crippen LogP contribution in [0.2, 0.25) is 10.0 Å². The van der Waals surface area contributed by atoms with Crippen molar-refractivity contribution in [3.8, 4) is 34.5 Å². The quantitative estimate of drug-likeness (QED) is 0.179. The molecule has 4 nitrogen and oxygen atoms in total. The smallest absolute Gasteiger partial charge is 0.146 e. The summed E-state index contributed by atoms with van der Waals surface area (Å²) in [4.78, 5) is 0. The second kappa shape index (κ2) is 12.2. The summed E-state index contributed by atoms with van der Waals surface area (Å²) >= 11 is 12.7. The molecule has 0 radical (unpaired) electrons. The first-order chi connectivity index (χ1) is 18.6. The van der Waals surface area contributed by atoms with Crippen LogP contribution in [-0.2, 0) is 0 Å². The predicted octanol–water partition coefficient (Wildman–Crippen LogP) is 8.48. The molecule has 0 aromatic heterocycles. The number of ether oxygens (including phenoxy) is 3. The zero-order chi connectivity index (χ0) is 26.3. The summed E-state index contributed by atoms with van der Waals surface area (Å²) in [5.74, 6) is 3.11. The molecule has 5 aromatic carbocycles. The zero-order valence-electron chi connectivity index (χ0n) is 19.9. The summed E-state index contributed by atoms with van der Waals surface area (Å²) in [6.45, 7) is 0. The minimum Gasteiger partial charge on any atom is -0.823 e. The molecule has 5 rings (SSSR count). The van der Waals surface area contributed by atoms with Crippen LogP contribution in [0.1, 0.15) is 5.56 Å². The van der Waals surface area contributed by atoms with Crippen molar-refractivity contribution in [3.63, 3.8) is 0 Å². The van der Waals surface area contributed by atoms with Gasteiger partial charge in [-0.15, -0.1) is 5.48 Å². The molecule has 0 fully saturated rings. The van der Waals surface area contributed by atoms with Gasteiger partial charge in [0.1, 0.15) is 34.5 Å². The van der Waals surface area contributed by atoms with E-state index in [0.29, 0.717) is 39.8 Å². The highest BCUT2D eigenvalue weighted by Crippen LogP contribution is 2.37. The van der Waals surface area contributed by atoms with Gasteiger partial charge in [0, 0.05) is 27.7 Å². The normalized spacial score (nSPS) is 11.2. The topological polar surface area (TPSA) is 50.8 Å². The van der Waals surface area contributed by atoms with Crippen LogP contribution in [0.4, 0.5) is 0 Å². The Labute approximate surface area is 232 Å². The maximum Gasteiger partial charge on any atom is 0.146 e. The third-order valence-electron chi connectivity index (χ3n) is 5.32. The maximum atomic E-state index is 13.5. The molecule has 0 unspecified atom stereocenters. The molecule has 0 aliphatic carbocycles. The first-order valence-corrected chi connectivity index (χ1v) is 13.3. The van der Waals surface area contributed by atoms with Gasteiger partial charge in [-0.25, -0.2) is 0 Å². The molecule has 0 atom stereocenters. The zero-order valence-corrected chi connectivity index (χ0v) is 22.3. The van der Waals surface area contributed by atoms with Crippen LogP contribution < -0.4 is 24.6 Å². The summed E-state index contributed by atoms with van der Waals surface area (Å²) in [7, 11) is 0.259. The van der Waals surface area contributed by atoms with Gasteiger partial charge in [0.15, 0.2) is 0 Å². The first kappa shape index (κ1) is 25.8. The molecule has 0 N–H and O–H groups in total. The number of benzene rings is 5. The van der Waals surface area contributed by atoms with E-state index < -0.39 is 0 Å². The highest BCUT2D eigenvalue weighted by Gasteiger charge is 2.17. The van der Waals surface area contributed by atoms with E-state index >= 15 is 0 Å². The highest BCUT2D eigenvalue weighted by molar-refractivity contribution is 7.49. The van der Waals surface area contributed by atoms with E-state index in [4.69, 9.17) is 37.4 Å². The summed E-state index contributed by atoms with van der Waals surface area (Å²) in [6.07, 6.45) is 0. The fraction of sp³-hybridized carbons (Fsp3) is 0. The molecule has 0 aliphatic heterocycles. The molecule has 0 spiro atoms. The lowest BCUT2D eigenvalue weighted by molar-refractivity contribution is -0.206. The Bertz CT molecular complexity index is 1480. The number of hydrogen-bond acceptors (Lipinski definition) is 4. The third kappa shape index (κ3) is 6.36. The van der Waals surface area contributed by atoms with Crippen LogP contribution in [0.25, 0.3) is 0 Å². The lowest BCUT2D eigenvalue weighted by Crippen LogP contribution is -2.19. The second-order valence-electron chi connectivity index (χ2n) is 8.03. The van der Waals surface area contributed by atoms with Crippen LogP contribution in [0.15, 0.2) is 121 Å². The van der Waals surface area contributed by atoms with Gasteiger partial charge in [-0.1, -0.05) is 92.1 Å². The average molecular weight is 558 g/mol. The van der Waals surface area contributed by atoms with Gasteiger partial charge in [0.2, 0.25) is 0 Å². The van der Waals surface area contributed by atoms with E-state index in [1.807, 2.05) is 91.0 Å². The van der Waals surface area contributed by atoms with Crippen molar-refractivity contribution in [1.82, 2.24) is 0 Å². The molecule has 0 aliphatic rings. The SMILES string of the molecule is [O-]C(=Pc1c(Oc2ccccc2)cc(Oc2ccccc2)cc1Oc1ccccc1)c1c(Cl)cccc1Cl. The van der Waals surface area contributed by atoms with Crippen molar-refractivity contribution in [2.24, 2.45) is 0 Å². The van der Waals surface area contributed by atoms with E-state index in [0.717, 1.165) is 0 Å². The monoisotopic (exact) mass is 557 g/mol. The molecular formula is C31H20Cl2O4P-. The van der Waals surface area contributed by atoms with E-state index in [1.165, 1.54) is 0 Å². The van der Waals surface area contributed by atoms with Crippen molar-refractivity contribution < 1.29 is 19.3 Å². The van der Waals surface area contributed by atoms with Gasteiger partial charge >= 0.3 is 0 Å². The van der Waals surface area contributed by atoms with Crippen molar-refractivity contribution in [2.45, 2.75) is 0 Å². The lowest BCUT2D eigenvalue weighted by atomic mass is 10.2. The lowest BCUT2D eigenvalue weighted by Gasteiger charge is -2.20. The molecule has 0 saturated carbocycles. The Hall–Kier alpha value is -3.79. The van der Waals surface area contributed by atoms with Crippen molar-refractivity contribution >= 4 is 42.2 Å². The summed E-state index contributed by atoms with van der Waals surface area (Å²) < 4.78 is 18.7. The first-order valence-electron chi connectivity index (χ1n) is 11.6. The summed E-state index contributed by atoms with van der Waals surface area (Å²) in [6, 6.07) is 36.4. The van der Waals surface area contributed by atoms with Crippen LogP contribution >= 0.6 is 31.4 Å². The Morgan fingerprint density at radius 2 is 0.947 bits per heavy atom. The molecular weight excluding hydrogens is 538 g/mol.